The van der Waals surface area contributed by atoms with E-state index in [-0.39, 0.29) is 6.61 Å². The number of rotatable bonds is 4. The number of ether oxygens (including phenoxy) is 1. The van der Waals surface area contributed by atoms with E-state index in [1.54, 1.807) is 7.11 Å². The smallest absolute Gasteiger partial charge is 0.136 e. The number of aliphatic hydroxyl groups is 1. The highest BCUT2D eigenvalue weighted by Gasteiger charge is 2.24. The number of hydrogen-bond donors (Lipinski definition) is 1. The Morgan fingerprint density at radius 3 is 3.10 bits per heavy atom. The summed E-state index contributed by atoms with van der Waals surface area (Å²) in [6.45, 7) is 2.26. The van der Waals surface area contributed by atoms with Crippen LogP contribution in [0.25, 0.3) is 10.8 Å². The molecule has 20 heavy (non-hydrogen) atoms. The molecule has 4 heteroatoms. The van der Waals surface area contributed by atoms with E-state index in [1.165, 1.54) is 5.39 Å². The highest BCUT2D eigenvalue weighted by Crippen LogP contribution is 2.31. The highest BCUT2D eigenvalue weighted by atomic mass is 16.5. The molecule has 1 atom stereocenters. The van der Waals surface area contributed by atoms with Crippen LogP contribution in [-0.4, -0.2) is 36.9 Å². The molecule has 1 fully saturated rings. The van der Waals surface area contributed by atoms with Crippen LogP contribution in [0.4, 0.5) is 5.82 Å². The molecule has 0 radical (unpaired) electrons. The molecule has 1 aliphatic rings. The lowest BCUT2D eigenvalue weighted by Gasteiger charge is -2.19. The number of nitrogens with zero attached hydrogens (tertiary/aromatic N) is 2. The topological polar surface area (TPSA) is 45.6 Å². The maximum absolute atomic E-state index is 9.07. The van der Waals surface area contributed by atoms with Crippen molar-refractivity contribution in [2.45, 2.75) is 12.8 Å². The average molecular weight is 272 g/mol. The largest absolute Gasteiger partial charge is 0.497 e. The number of aromatic nitrogens is 1. The van der Waals surface area contributed by atoms with E-state index in [0.29, 0.717) is 5.92 Å². The Morgan fingerprint density at radius 2 is 2.30 bits per heavy atom. The summed E-state index contributed by atoms with van der Waals surface area (Å²) in [6.07, 6.45) is 3.87. The van der Waals surface area contributed by atoms with Gasteiger partial charge < -0.3 is 14.7 Å². The van der Waals surface area contributed by atoms with Crippen molar-refractivity contribution < 1.29 is 9.84 Å². The predicted molar refractivity (Wildman–Crippen MR) is 80.3 cm³/mol. The molecule has 1 aromatic carbocycles. The summed E-state index contributed by atoms with van der Waals surface area (Å²) in [5.41, 5.74) is 0. The van der Waals surface area contributed by atoms with Gasteiger partial charge in [-0.2, -0.15) is 0 Å². The second kappa shape index (κ2) is 5.67. The van der Waals surface area contributed by atoms with Gasteiger partial charge in [0.1, 0.15) is 11.6 Å². The zero-order valence-electron chi connectivity index (χ0n) is 11.7. The van der Waals surface area contributed by atoms with Crippen molar-refractivity contribution in [3.63, 3.8) is 0 Å². The molecular formula is C16H20N2O2. The molecule has 0 aliphatic carbocycles. The molecule has 0 spiro atoms. The maximum atomic E-state index is 9.07. The molecule has 1 unspecified atom stereocenters. The maximum Gasteiger partial charge on any atom is 0.136 e. The first-order valence-electron chi connectivity index (χ1n) is 7.10. The number of anilines is 1. The Bertz CT molecular complexity index is 600. The summed E-state index contributed by atoms with van der Waals surface area (Å²) in [4.78, 5) is 6.89. The van der Waals surface area contributed by atoms with Gasteiger partial charge in [0.05, 0.1) is 7.11 Å². The van der Waals surface area contributed by atoms with Crippen LogP contribution in [0.3, 0.4) is 0 Å². The van der Waals surface area contributed by atoms with Gasteiger partial charge in [-0.05, 0) is 42.3 Å². The molecule has 1 aromatic heterocycles. The van der Waals surface area contributed by atoms with E-state index in [2.05, 4.69) is 22.0 Å². The molecule has 3 rings (SSSR count). The van der Waals surface area contributed by atoms with Crippen molar-refractivity contribution in [3.05, 3.63) is 30.5 Å². The number of aliphatic hydroxyl groups excluding tert-OH is 1. The first-order valence-corrected chi connectivity index (χ1v) is 7.10. The fraction of sp³-hybridized carbons (Fsp3) is 0.438. The van der Waals surface area contributed by atoms with Crippen LogP contribution in [0.5, 0.6) is 5.75 Å². The summed E-state index contributed by atoms with van der Waals surface area (Å²) in [5.74, 6) is 2.46. The third-order valence-electron chi connectivity index (χ3n) is 4.08. The van der Waals surface area contributed by atoms with Crippen LogP contribution in [0.15, 0.2) is 30.5 Å². The fourth-order valence-corrected chi connectivity index (χ4v) is 2.95. The third kappa shape index (κ3) is 2.43. The molecule has 0 saturated carbocycles. The van der Waals surface area contributed by atoms with Gasteiger partial charge in [-0.25, -0.2) is 4.98 Å². The normalized spacial score (nSPS) is 18.7. The van der Waals surface area contributed by atoms with E-state index in [9.17, 15) is 0 Å². The number of hydrogen-bond acceptors (Lipinski definition) is 4. The standard InChI is InChI=1S/C16H20N2O2/c1-20-14-3-2-13-4-7-17-16(15(13)10-14)18-8-5-12(11-18)6-9-19/h2-4,7,10,12,19H,5-6,8-9,11H2,1H3. The SMILES string of the molecule is COc1ccc2ccnc(N3CCC(CCO)C3)c2c1. The van der Waals surface area contributed by atoms with Crippen molar-refractivity contribution in [2.24, 2.45) is 5.92 Å². The first kappa shape index (κ1) is 13.2. The van der Waals surface area contributed by atoms with Crippen LogP contribution < -0.4 is 9.64 Å². The zero-order chi connectivity index (χ0) is 13.9. The predicted octanol–water partition coefficient (Wildman–Crippen LogP) is 2.45. The lowest BCUT2D eigenvalue weighted by atomic mass is 10.1. The van der Waals surface area contributed by atoms with Crippen LogP contribution in [0.2, 0.25) is 0 Å². The minimum absolute atomic E-state index is 0.273. The van der Waals surface area contributed by atoms with E-state index in [1.807, 2.05) is 18.3 Å². The van der Waals surface area contributed by atoms with Crippen molar-refractivity contribution in [1.82, 2.24) is 4.98 Å². The van der Waals surface area contributed by atoms with Gasteiger partial charge >= 0.3 is 0 Å². The molecule has 1 N–H and O–H groups in total. The molecule has 1 saturated heterocycles. The molecule has 2 heterocycles. The second-order valence-electron chi connectivity index (χ2n) is 5.33. The van der Waals surface area contributed by atoms with Crippen molar-refractivity contribution >= 4 is 16.6 Å². The molecule has 0 amide bonds. The van der Waals surface area contributed by atoms with Crippen LogP contribution in [0, 0.1) is 5.92 Å². The van der Waals surface area contributed by atoms with Gasteiger partial charge in [0.15, 0.2) is 0 Å². The van der Waals surface area contributed by atoms with Gasteiger partial charge in [-0.1, -0.05) is 6.07 Å². The van der Waals surface area contributed by atoms with Gasteiger partial charge in [0.2, 0.25) is 0 Å². The summed E-state index contributed by atoms with van der Waals surface area (Å²) < 4.78 is 5.32. The van der Waals surface area contributed by atoms with Gasteiger partial charge in [0, 0.05) is 31.3 Å². The average Bonchev–Trinajstić information content (AvgIpc) is 2.95. The third-order valence-corrected chi connectivity index (χ3v) is 4.08. The monoisotopic (exact) mass is 272 g/mol. The number of pyridine rings is 1. The first-order chi connectivity index (χ1) is 9.81. The highest BCUT2D eigenvalue weighted by molar-refractivity contribution is 5.93. The second-order valence-corrected chi connectivity index (χ2v) is 5.33. The number of methoxy groups -OCH3 is 1. The minimum Gasteiger partial charge on any atom is -0.497 e. The molecular weight excluding hydrogens is 252 g/mol. The number of benzene rings is 1. The van der Waals surface area contributed by atoms with E-state index in [4.69, 9.17) is 9.84 Å². The van der Waals surface area contributed by atoms with Gasteiger partial charge in [-0.15, -0.1) is 0 Å². The van der Waals surface area contributed by atoms with Crippen LogP contribution >= 0.6 is 0 Å². The van der Waals surface area contributed by atoms with E-state index < -0.39 is 0 Å². The van der Waals surface area contributed by atoms with Crippen LogP contribution in [0.1, 0.15) is 12.8 Å². The van der Waals surface area contributed by atoms with E-state index >= 15 is 0 Å². The lowest BCUT2D eigenvalue weighted by molar-refractivity contribution is 0.263. The molecule has 4 nitrogen and oxygen atoms in total. The Labute approximate surface area is 119 Å². The van der Waals surface area contributed by atoms with Gasteiger partial charge in [0.25, 0.3) is 0 Å². The molecule has 106 valence electrons. The van der Waals surface area contributed by atoms with Crippen molar-refractivity contribution in [3.8, 4) is 5.75 Å². The number of fused-ring (bicyclic) bond motifs is 1. The Hall–Kier alpha value is -1.81. The van der Waals surface area contributed by atoms with Crippen molar-refractivity contribution in [2.75, 3.05) is 31.7 Å². The quantitative estimate of drug-likeness (QED) is 0.928. The Balaban J connectivity index is 1.95. The summed E-state index contributed by atoms with van der Waals surface area (Å²) in [6, 6.07) is 8.13. The molecule has 2 aromatic rings. The Kier molecular flexibility index (Phi) is 3.74. The zero-order valence-corrected chi connectivity index (χ0v) is 11.7. The molecule has 0 bridgehead atoms. The van der Waals surface area contributed by atoms with Crippen molar-refractivity contribution in [1.29, 1.82) is 0 Å². The minimum atomic E-state index is 0.273. The lowest BCUT2D eigenvalue weighted by Crippen LogP contribution is -2.21. The summed E-state index contributed by atoms with van der Waals surface area (Å²) >= 11 is 0. The van der Waals surface area contributed by atoms with Crippen LogP contribution in [-0.2, 0) is 0 Å². The molecule has 1 aliphatic heterocycles. The fourth-order valence-electron chi connectivity index (χ4n) is 2.95. The van der Waals surface area contributed by atoms with E-state index in [0.717, 1.165) is 42.9 Å². The summed E-state index contributed by atoms with van der Waals surface area (Å²) in [7, 11) is 1.68. The Morgan fingerprint density at radius 1 is 1.40 bits per heavy atom. The summed E-state index contributed by atoms with van der Waals surface area (Å²) in [5, 5.41) is 11.4. The van der Waals surface area contributed by atoms with Gasteiger partial charge in [-0.3, -0.25) is 0 Å².